The summed E-state index contributed by atoms with van der Waals surface area (Å²) in [5.41, 5.74) is 2.69. The summed E-state index contributed by atoms with van der Waals surface area (Å²) in [4.78, 5) is 31.3. The van der Waals surface area contributed by atoms with Gasteiger partial charge in [0.15, 0.2) is 0 Å². The molecule has 1 heterocycles. The van der Waals surface area contributed by atoms with Crippen LogP contribution in [0.4, 0.5) is 27.9 Å². The molecule has 0 saturated carbocycles. The van der Waals surface area contributed by atoms with Crippen LogP contribution in [0.2, 0.25) is 0 Å². The number of nitrogens with zero attached hydrogens (tertiary/aromatic N) is 2. The second-order valence-electron chi connectivity index (χ2n) is 6.58. The van der Waals surface area contributed by atoms with E-state index in [4.69, 9.17) is 5.11 Å². The number of aromatic hydroxyl groups is 1. The zero-order chi connectivity index (χ0) is 22.2. The monoisotopic (exact) mass is 422 g/mol. The highest BCUT2D eigenvalue weighted by atomic mass is 16.4. The molecule has 0 radical (unpaired) electrons. The van der Waals surface area contributed by atoms with Gasteiger partial charge in [-0.1, -0.05) is 12.1 Å². The molecule has 0 unspecified atom stereocenters. The fraction of sp³-hybridized carbons (Fsp3) is 0.143. The molecule has 10 heteroatoms. The van der Waals surface area contributed by atoms with E-state index in [9.17, 15) is 14.7 Å². The lowest BCUT2D eigenvalue weighted by Crippen LogP contribution is -2.33. The molecule has 10 nitrogen and oxygen atoms in total. The number of phenolic OH excluding ortho intramolecular Hbond substituents is 1. The Morgan fingerprint density at radius 3 is 2.61 bits per heavy atom. The molecule has 3 aromatic rings. The molecule has 0 aliphatic heterocycles. The number of carbonyl (C=O) groups excluding carboxylic acids is 1. The molecular weight excluding hydrogens is 400 g/mol. The SMILES string of the molecule is Cc1ccc(O)cc1Nc1ccnc(Nc2cccc(C(=O)NCCNC(=O)O)c2)n1. The Kier molecular flexibility index (Phi) is 6.84. The van der Waals surface area contributed by atoms with Crippen LogP contribution < -0.4 is 21.3 Å². The maximum Gasteiger partial charge on any atom is 0.404 e. The van der Waals surface area contributed by atoms with Gasteiger partial charge < -0.3 is 31.5 Å². The van der Waals surface area contributed by atoms with E-state index in [2.05, 4.69) is 31.2 Å². The molecule has 2 aromatic carbocycles. The molecule has 3 rings (SSSR count). The lowest BCUT2D eigenvalue weighted by molar-refractivity contribution is 0.0953. The van der Waals surface area contributed by atoms with Crippen LogP contribution in [0, 0.1) is 6.92 Å². The predicted octanol–water partition coefficient (Wildman–Crippen LogP) is 2.98. The summed E-state index contributed by atoms with van der Waals surface area (Å²) in [7, 11) is 0. The Labute approximate surface area is 178 Å². The number of anilines is 4. The maximum absolute atomic E-state index is 12.2. The third-order valence-electron chi connectivity index (χ3n) is 4.21. The van der Waals surface area contributed by atoms with Crippen molar-refractivity contribution in [1.82, 2.24) is 20.6 Å². The lowest BCUT2D eigenvalue weighted by Gasteiger charge is -2.11. The van der Waals surface area contributed by atoms with E-state index in [0.29, 0.717) is 23.0 Å². The zero-order valence-corrected chi connectivity index (χ0v) is 16.7. The molecule has 6 N–H and O–H groups in total. The molecular formula is C21H22N6O4. The van der Waals surface area contributed by atoms with Crippen LogP contribution in [0.1, 0.15) is 15.9 Å². The average Bonchev–Trinajstić information content (AvgIpc) is 2.74. The summed E-state index contributed by atoms with van der Waals surface area (Å²) in [6.07, 6.45) is 0.443. The van der Waals surface area contributed by atoms with Gasteiger partial charge in [0.05, 0.1) is 0 Å². The van der Waals surface area contributed by atoms with Crippen molar-refractivity contribution >= 4 is 35.1 Å². The molecule has 2 amide bonds. The predicted molar refractivity (Wildman–Crippen MR) is 116 cm³/mol. The minimum Gasteiger partial charge on any atom is -0.508 e. The number of aryl methyl sites for hydroxylation is 1. The van der Waals surface area contributed by atoms with Crippen molar-refractivity contribution in [3.8, 4) is 5.75 Å². The van der Waals surface area contributed by atoms with E-state index < -0.39 is 6.09 Å². The Balaban J connectivity index is 1.65. The molecule has 0 atom stereocenters. The summed E-state index contributed by atoms with van der Waals surface area (Å²) in [6, 6.07) is 13.5. The first kappa shape index (κ1) is 21.4. The number of hydrogen-bond donors (Lipinski definition) is 6. The fourth-order valence-electron chi connectivity index (χ4n) is 2.69. The van der Waals surface area contributed by atoms with Gasteiger partial charge in [0, 0.05) is 42.3 Å². The van der Waals surface area contributed by atoms with Crippen LogP contribution in [0.25, 0.3) is 0 Å². The van der Waals surface area contributed by atoms with Gasteiger partial charge in [-0.05, 0) is 42.8 Å². The number of hydrogen-bond acceptors (Lipinski definition) is 7. The quantitative estimate of drug-likeness (QED) is 0.304. The van der Waals surface area contributed by atoms with E-state index >= 15 is 0 Å². The average molecular weight is 422 g/mol. The number of rotatable bonds is 8. The van der Waals surface area contributed by atoms with E-state index in [0.717, 1.165) is 11.3 Å². The van der Waals surface area contributed by atoms with Crippen LogP contribution in [0.15, 0.2) is 54.7 Å². The molecule has 160 valence electrons. The first-order chi connectivity index (χ1) is 14.9. The smallest absolute Gasteiger partial charge is 0.404 e. The normalized spacial score (nSPS) is 10.2. The molecule has 0 fully saturated rings. The first-order valence-electron chi connectivity index (χ1n) is 9.42. The van der Waals surface area contributed by atoms with Gasteiger partial charge >= 0.3 is 6.09 Å². The maximum atomic E-state index is 12.2. The Bertz CT molecular complexity index is 1090. The number of nitrogens with one attached hydrogen (secondary N) is 4. The van der Waals surface area contributed by atoms with Crippen molar-refractivity contribution in [2.75, 3.05) is 23.7 Å². The highest BCUT2D eigenvalue weighted by Crippen LogP contribution is 2.24. The summed E-state index contributed by atoms with van der Waals surface area (Å²) in [6.45, 7) is 2.20. The van der Waals surface area contributed by atoms with Crippen molar-refractivity contribution in [2.24, 2.45) is 0 Å². The van der Waals surface area contributed by atoms with Crippen molar-refractivity contribution < 1.29 is 19.8 Å². The number of carboxylic acid groups (broad SMARTS) is 1. The van der Waals surface area contributed by atoms with Gasteiger partial charge in [-0.3, -0.25) is 4.79 Å². The highest BCUT2D eigenvalue weighted by Gasteiger charge is 2.08. The Morgan fingerprint density at radius 1 is 1.00 bits per heavy atom. The largest absolute Gasteiger partial charge is 0.508 e. The van der Waals surface area contributed by atoms with Gasteiger partial charge in [0.25, 0.3) is 5.91 Å². The van der Waals surface area contributed by atoms with Crippen LogP contribution in [-0.2, 0) is 0 Å². The fourth-order valence-corrected chi connectivity index (χ4v) is 2.69. The van der Waals surface area contributed by atoms with E-state index in [1.165, 1.54) is 0 Å². The minimum absolute atomic E-state index is 0.116. The summed E-state index contributed by atoms with van der Waals surface area (Å²) >= 11 is 0. The minimum atomic E-state index is -1.14. The zero-order valence-electron chi connectivity index (χ0n) is 16.7. The van der Waals surface area contributed by atoms with Crippen molar-refractivity contribution in [3.63, 3.8) is 0 Å². The van der Waals surface area contributed by atoms with Gasteiger partial charge in [-0.2, -0.15) is 4.98 Å². The third-order valence-corrected chi connectivity index (χ3v) is 4.21. The summed E-state index contributed by atoms with van der Waals surface area (Å²) in [5, 5.41) is 29.2. The highest BCUT2D eigenvalue weighted by molar-refractivity contribution is 5.95. The van der Waals surface area contributed by atoms with Crippen molar-refractivity contribution in [1.29, 1.82) is 0 Å². The molecule has 1 aromatic heterocycles. The molecule has 0 saturated heterocycles. The van der Waals surface area contributed by atoms with Gasteiger partial charge in [0.1, 0.15) is 11.6 Å². The van der Waals surface area contributed by atoms with Gasteiger partial charge in [-0.25, -0.2) is 9.78 Å². The summed E-state index contributed by atoms with van der Waals surface area (Å²) < 4.78 is 0. The summed E-state index contributed by atoms with van der Waals surface area (Å²) in [5.74, 6) is 0.679. The third kappa shape index (κ3) is 6.32. The number of carbonyl (C=O) groups is 2. The first-order valence-corrected chi connectivity index (χ1v) is 9.42. The molecule has 31 heavy (non-hydrogen) atoms. The number of phenols is 1. The lowest BCUT2D eigenvalue weighted by atomic mass is 10.2. The van der Waals surface area contributed by atoms with Crippen LogP contribution in [0.3, 0.4) is 0 Å². The van der Waals surface area contributed by atoms with E-state index in [1.807, 2.05) is 6.92 Å². The second-order valence-corrected chi connectivity index (χ2v) is 6.58. The van der Waals surface area contributed by atoms with Gasteiger partial charge in [-0.15, -0.1) is 0 Å². The number of amides is 2. The standard InChI is InChI=1S/C21H22N6O4/c1-13-5-6-16(28)12-17(13)26-18-7-8-23-20(27-18)25-15-4-2-3-14(11-15)19(29)22-9-10-24-21(30)31/h2-8,11-12,24,28H,9-10H2,1H3,(H,22,29)(H,30,31)(H2,23,25,26,27). The number of aromatic nitrogens is 2. The van der Waals surface area contributed by atoms with Crippen molar-refractivity contribution in [2.45, 2.75) is 6.92 Å². The van der Waals surface area contributed by atoms with Crippen LogP contribution >= 0.6 is 0 Å². The van der Waals surface area contributed by atoms with Crippen LogP contribution in [-0.4, -0.2) is 45.3 Å². The Hall–Kier alpha value is -4.34. The number of benzene rings is 2. The molecule has 0 bridgehead atoms. The van der Waals surface area contributed by atoms with E-state index in [1.54, 1.807) is 54.7 Å². The topological polar surface area (TPSA) is 148 Å². The molecule has 0 spiro atoms. The van der Waals surface area contributed by atoms with E-state index in [-0.39, 0.29) is 24.7 Å². The molecule has 0 aliphatic carbocycles. The second kappa shape index (κ2) is 9.92. The van der Waals surface area contributed by atoms with Gasteiger partial charge in [0.2, 0.25) is 5.95 Å². The van der Waals surface area contributed by atoms with Crippen molar-refractivity contribution in [3.05, 3.63) is 65.9 Å². The van der Waals surface area contributed by atoms with Crippen LogP contribution in [0.5, 0.6) is 5.75 Å². The Morgan fingerprint density at radius 2 is 1.81 bits per heavy atom. The molecule has 0 aliphatic rings.